The SMILES string of the molecule is Cl.Cl.NC[C@H]1CCC[C@H]1C(=O)Nc1cnccc1-n1ccnc1. The first kappa shape index (κ1) is 19.4. The zero-order valence-electron chi connectivity index (χ0n) is 12.6. The third-order valence-electron chi connectivity index (χ3n) is 4.14. The molecule has 0 unspecified atom stereocenters. The summed E-state index contributed by atoms with van der Waals surface area (Å²) < 4.78 is 1.85. The topological polar surface area (TPSA) is 85.8 Å². The summed E-state index contributed by atoms with van der Waals surface area (Å²) in [4.78, 5) is 20.6. The van der Waals surface area contributed by atoms with E-state index in [9.17, 15) is 4.79 Å². The first-order valence-corrected chi connectivity index (χ1v) is 7.23. The van der Waals surface area contributed by atoms with E-state index in [4.69, 9.17) is 5.73 Å². The maximum atomic E-state index is 12.5. The molecule has 0 bridgehead atoms. The number of carbonyl (C=O) groups is 1. The van der Waals surface area contributed by atoms with Gasteiger partial charge in [-0.2, -0.15) is 0 Å². The first-order chi connectivity index (χ1) is 10.3. The fourth-order valence-corrected chi connectivity index (χ4v) is 3.00. The van der Waals surface area contributed by atoms with Crippen LogP contribution in [0.25, 0.3) is 5.69 Å². The van der Waals surface area contributed by atoms with Crippen LogP contribution in [-0.4, -0.2) is 27.0 Å². The van der Waals surface area contributed by atoms with Crippen LogP contribution in [0.1, 0.15) is 19.3 Å². The maximum absolute atomic E-state index is 12.5. The Morgan fingerprint density at radius 3 is 2.83 bits per heavy atom. The number of rotatable bonds is 4. The van der Waals surface area contributed by atoms with Crippen molar-refractivity contribution >= 4 is 36.4 Å². The largest absolute Gasteiger partial charge is 0.330 e. The predicted molar refractivity (Wildman–Crippen MR) is 94.4 cm³/mol. The van der Waals surface area contributed by atoms with Gasteiger partial charge < -0.3 is 15.6 Å². The predicted octanol–water partition coefficient (Wildman–Crippen LogP) is 2.42. The van der Waals surface area contributed by atoms with Gasteiger partial charge in [-0.05, 0) is 31.4 Å². The Kier molecular flexibility index (Phi) is 7.48. The average Bonchev–Trinajstić information content (AvgIpc) is 3.19. The minimum absolute atomic E-state index is 0. The second-order valence-corrected chi connectivity index (χ2v) is 5.39. The monoisotopic (exact) mass is 357 g/mol. The number of amides is 1. The van der Waals surface area contributed by atoms with Crippen molar-refractivity contribution in [2.75, 3.05) is 11.9 Å². The molecule has 8 heteroatoms. The van der Waals surface area contributed by atoms with Crippen molar-refractivity contribution in [1.82, 2.24) is 14.5 Å². The average molecular weight is 358 g/mol. The van der Waals surface area contributed by atoms with Gasteiger partial charge in [0.05, 0.1) is 23.9 Å². The molecule has 3 rings (SSSR count). The van der Waals surface area contributed by atoms with Crippen molar-refractivity contribution in [1.29, 1.82) is 0 Å². The number of halogens is 2. The normalized spacial score (nSPS) is 19.5. The number of pyridine rings is 1. The van der Waals surface area contributed by atoms with Gasteiger partial charge >= 0.3 is 0 Å². The van der Waals surface area contributed by atoms with Gasteiger partial charge in [-0.25, -0.2) is 4.98 Å². The van der Waals surface area contributed by atoms with E-state index < -0.39 is 0 Å². The molecule has 2 heterocycles. The molecule has 2 atom stereocenters. The molecule has 2 aromatic rings. The molecule has 126 valence electrons. The number of nitrogens with one attached hydrogen (secondary N) is 1. The van der Waals surface area contributed by atoms with Crippen molar-refractivity contribution in [2.24, 2.45) is 17.6 Å². The summed E-state index contributed by atoms with van der Waals surface area (Å²) >= 11 is 0. The minimum atomic E-state index is 0. The van der Waals surface area contributed by atoms with Gasteiger partial charge in [0.1, 0.15) is 0 Å². The molecular weight excluding hydrogens is 337 g/mol. The van der Waals surface area contributed by atoms with Gasteiger partial charge in [0.15, 0.2) is 0 Å². The lowest BCUT2D eigenvalue weighted by Gasteiger charge is -2.18. The maximum Gasteiger partial charge on any atom is 0.227 e. The summed E-state index contributed by atoms with van der Waals surface area (Å²) in [7, 11) is 0. The number of imidazole rings is 1. The summed E-state index contributed by atoms with van der Waals surface area (Å²) in [6, 6.07) is 1.85. The molecule has 0 spiro atoms. The van der Waals surface area contributed by atoms with E-state index in [1.165, 1.54) is 0 Å². The summed E-state index contributed by atoms with van der Waals surface area (Å²) in [5.74, 6) is 0.335. The van der Waals surface area contributed by atoms with Crippen LogP contribution < -0.4 is 11.1 Å². The van der Waals surface area contributed by atoms with Crippen molar-refractivity contribution < 1.29 is 4.79 Å². The Balaban J connectivity index is 0.00000132. The van der Waals surface area contributed by atoms with Crippen LogP contribution in [0.2, 0.25) is 0 Å². The van der Waals surface area contributed by atoms with Gasteiger partial charge in [0, 0.05) is 24.5 Å². The second-order valence-electron chi connectivity index (χ2n) is 5.39. The van der Waals surface area contributed by atoms with Crippen LogP contribution >= 0.6 is 24.8 Å². The number of hydrogen-bond acceptors (Lipinski definition) is 4. The Morgan fingerprint density at radius 2 is 2.13 bits per heavy atom. The lowest BCUT2D eigenvalue weighted by atomic mass is 9.95. The van der Waals surface area contributed by atoms with E-state index in [-0.39, 0.29) is 36.6 Å². The number of anilines is 1. The molecule has 0 saturated heterocycles. The minimum Gasteiger partial charge on any atom is -0.330 e. The summed E-state index contributed by atoms with van der Waals surface area (Å²) in [5.41, 5.74) is 7.31. The molecule has 6 nitrogen and oxygen atoms in total. The number of carbonyl (C=O) groups excluding carboxylic acids is 1. The molecule has 23 heavy (non-hydrogen) atoms. The molecule has 0 radical (unpaired) electrons. The van der Waals surface area contributed by atoms with E-state index >= 15 is 0 Å². The highest BCUT2D eigenvalue weighted by molar-refractivity contribution is 5.94. The standard InChI is InChI=1S/C15H19N5O.2ClH/c16-8-11-2-1-3-12(11)15(21)19-13-9-17-5-4-14(13)20-7-6-18-10-20;;/h4-7,9-12H,1-3,8,16H2,(H,19,21);2*1H/t11-,12-;;/m1../s1. The van der Waals surface area contributed by atoms with Crippen LogP contribution in [0.15, 0.2) is 37.2 Å². The van der Waals surface area contributed by atoms with Gasteiger partial charge in [-0.1, -0.05) is 6.42 Å². The highest BCUT2D eigenvalue weighted by Gasteiger charge is 2.32. The lowest BCUT2D eigenvalue weighted by Crippen LogP contribution is -2.30. The van der Waals surface area contributed by atoms with Gasteiger partial charge in [0.2, 0.25) is 5.91 Å². The zero-order chi connectivity index (χ0) is 14.7. The Labute approximate surface area is 147 Å². The molecular formula is C15H21Cl2N5O. The van der Waals surface area contributed by atoms with E-state index in [0.717, 1.165) is 24.9 Å². The second kappa shape index (κ2) is 8.86. The Bertz CT molecular complexity index is 620. The highest BCUT2D eigenvalue weighted by Crippen LogP contribution is 2.32. The first-order valence-electron chi connectivity index (χ1n) is 7.23. The lowest BCUT2D eigenvalue weighted by molar-refractivity contribution is -0.120. The Hall–Kier alpha value is -1.63. The molecule has 1 amide bonds. The quantitative estimate of drug-likeness (QED) is 0.879. The summed E-state index contributed by atoms with van der Waals surface area (Å²) in [5, 5.41) is 3.00. The highest BCUT2D eigenvalue weighted by atomic mass is 35.5. The van der Waals surface area contributed by atoms with Gasteiger partial charge in [-0.3, -0.25) is 9.78 Å². The third kappa shape index (κ3) is 4.22. The number of aromatic nitrogens is 3. The van der Waals surface area contributed by atoms with Gasteiger partial charge in [0.25, 0.3) is 0 Å². The van der Waals surface area contributed by atoms with Crippen LogP contribution in [0.3, 0.4) is 0 Å². The molecule has 1 aliphatic carbocycles. The zero-order valence-corrected chi connectivity index (χ0v) is 14.2. The molecule has 3 N–H and O–H groups in total. The van der Waals surface area contributed by atoms with Crippen molar-refractivity contribution in [3.63, 3.8) is 0 Å². The van der Waals surface area contributed by atoms with E-state index in [2.05, 4.69) is 15.3 Å². The number of hydrogen-bond donors (Lipinski definition) is 2. The molecule has 1 fully saturated rings. The molecule has 0 aromatic carbocycles. The molecule has 2 aromatic heterocycles. The Morgan fingerprint density at radius 1 is 1.30 bits per heavy atom. The van der Waals surface area contributed by atoms with Crippen molar-refractivity contribution in [3.05, 3.63) is 37.2 Å². The fourth-order valence-electron chi connectivity index (χ4n) is 3.00. The van der Waals surface area contributed by atoms with E-state index in [0.29, 0.717) is 18.2 Å². The number of nitrogens with two attached hydrogens (primary N) is 1. The van der Waals surface area contributed by atoms with Crippen molar-refractivity contribution in [2.45, 2.75) is 19.3 Å². The summed E-state index contributed by atoms with van der Waals surface area (Å²) in [6.07, 6.45) is 11.6. The molecule has 1 aliphatic rings. The third-order valence-corrected chi connectivity index (χ3v) is 4.14. The van der Waals surface area contributed by atoms with E-state index in [1.54, 1.807) is 24.9 Å². The number of nitrogens with zero attached hydrogens (tertiary/aromatic N) is 3. The van der Waals surface area contributed by atoms with Gasteiger partial charge in [-0.15, -0.1) is 24.8 Å². The van der Waals surface area contributed by atoms with Crippen LogP contribution in [-0.2, 0) is 4.79 Å². The van der Waals surface area contributed by atoms with E-state index in [1.807, 2.05) is 16.8 Å². The molecule has 1 saturated carbocycles. The van der Waals surface area contributed by atoms with Crippen LogP contribution in [0, 0.1) is 11.8 Å². The van der Waals surface area contributed by atoms with Crippen LogP contribution in [0.4, 0.5) is 5.69 Å². The van der Waals surface area contributed by atoms with Crippen LogP contribution in [0.5, 0.6) is 0 Å². The molecule has 0 aliphatic heterocycles. The van der Waals surface area contributed by atoms with Crippen molar-refractivity contribution in [3.8, 4) is 5.69 Å². The summed E-state index contributed by atoms with van der Waals surface area (Å²) in [6.45, 7) is 0.569. The smallest absolute Gasteiger partial charge is 0.227 e. The fraction of sp³-hybridized carbons (Fsp3) is 0.400.